The zero-order chi connectivity index (χ0) is 7.54. The number of hydrogen-bond donors (Lipinski definition) is 2. The van der Waals surface area contributed by atoms with Crippen LogP contribution in [0.3, 0.4) is 0 Å². The minimum absolute atomic E-state index is 0.133. The zero-order valence-corrected chi connectivity index (χ0v) is 5.67. The van der Waals surface area contributed by atoms with Gasteiger partial charge >= 0.3 is 0 Å². The number of unbranched alkanes of at least 4 members (excludes halogenated alkanes) is 1. The molecule has 0 heterocycles. The second kappa shape index (κ2) is 15.7. The molecule has 0 fully saturated rings. The average Bonchev–Trinajstić information content (AvgIpc) is 1.86. The van der Waals surface area contributed by atoms with E-state index in [1.807, 2.05) is 6.07 Å². The first kappa shape index (κ1) is 11.2. The molecule has 3 nitrogen and oxygen atoms in total. The van der Waals surface area contributed by atoms with E-state index >= 15 is 0 Å². The van der Waals surface area contributed by atoms with Crippen molar-refractivity contribution >= 4 is 0 Å². The minimum Gasteiger partial charge on any atom is -0.397 e. The Balaban J connectivity index is 0. The predicted molar refractivity (Wildman–Crippen MR) is 34.7 cm³/mol. The van der Waals surface area contributed by atoms with Crippen LogP contribution in [0.2, 0.25) is 0 Å². The van der Waals surface area contributed by atoms with E-state index in [4.69, 9.17) is 15.5 Å². The second-order valence-corrected chi connectivity index (χ2v) is 1.30. The Labute approximate surface area is 55.6 Å². The second-order valence-electron chi connectivity index (χ2n) is 1.30. The molecule has 0 spiro atoms. The van der Waals surface area contributed by atoms with Crippen LogP contribution in [0.1, 0.15) is 19.8 Å². The predicted octanol–water partition coefficient (Wildman–Crippen LogP) is 0.281. The number of hydrogen-bond acceptors (Lipinski definition) is 3. The number of nitrogens with zero attached hydrogens (tertiary/aromatic N) is 1. The Bertz CT molecular complexity index is 67.9. The maximum absolute atomic E-state index is 8.05. The fraction of sp³-hybridized carbons (Fsp3) is 0.833. The molecule has 0 saturated heterocycles. The largest absolute Gasteiger partial charge is 0.397 e. The summed E-state index contributed by atoms with van der Waals surface area (Å²) in [6, 6.07) is 1.91. The molecule has 0 unspecified atom stereocenters. The molecular weight excluding hydrogens is 118 g/mol. The van der Waals surface area contributed by atoms with E-state index < -0.39 is 0 Å². The molecule has 0 aromatic heterocycles. The van der Waals surface area contributed by atoms with Gasteiger partial charge in [-0.1, -0.05) is 0 Å². The van der Waals surface area contributed by atoms with Gasteiger partial charge in [0.25, 0.3) is 0 Å². The maximum Gasteiger partial charge on any atom is 0.0622 e. The van der Waals surface area contributed by atoms with E-state index in [1.54, 1.807) is 6.92 Å². The molecule has 0 rings (SSSR count). The van der Waals surface area contributed by atoms with Gasteiger partial charge in [-0.3, -0.25) is 0 Å². The van der Waals surface area contributed by atoms with Gasteiger partial charge in [0, 0.05) is 19.6 Å². The molecule has 0 amide bonds. The van der Waals surface area contributed by atoms with Crippen LogP contribution in [0.4, 0.5) is 0 Å². The van der Waals surface area contributed by atoms with Crippen LogP contribution in [0, 0.1) is 11.3 Å². The lowest BCUT2D eigenvalue weighted by Crippen LogP contribution is -1.77. The zero-order valence-electron chi connectivity index (χ0n) is 5.67. The lowest BCUT2D eigenvalue weighted by atomic mass is 10.4. The van der Waals surface area contributed by atoms with Gasteiger partial charge in [-0.25, -0.2) is 0 Å². The Morgan fingerprint density at radius 1 is 1.44 bits per heavy atom. The van der Waals surface area contributed by atoms with Gasteiger partial charge in [0.15, 0.2) is 0 Å². The van der Waals surface area contributed by atoms with E-state index in [-0.39, 0.29) is 13.2 Å². The molecule has 0 saturated carbocycles. The average molecular weight is 131 g/mol. The van der Waals surface area contributed by atoms with Crippen molar-refractivity contribution in [3.63, 3.8) is 0 Å². The summed E-state index contributed by atoms with van der Waals surface area (Å²) < 4.78 is 0. The van der Waals surface area contributed by atoms with Crippen LogP contribution in [0.25, 0.3) is 0 Å². The summed E-state index contributed by atoms with van der Waals surface area (Å²) in [5, 5.41) is 23.5. The monoisotopic (exact) mass is 131 g/mol. The third-order valence-electron chi connectivity index (χ3n) is 0.447. The van der Waals surface area contributed by atoms with Gasteiger partial charge in [-0.2, -0.15) is 5.26 Å². The number of rotatable bonds is 2. The lowest BCUT2D eigenvalue weighted by molar-refractivity contribution is 0.290. The van der Waals surface area contributed by atoms with E-state index in [0.29, 0.717) is 12.8 Å². The first-order valence-electron chi connectivity index (χ1n) is 2.92. The Hall–Kier alpha value is -0.590. The topological polar surface area (TPSA) is 64.2 Å². The highest BCUT2D eigenvalue weighted by atomic mass is 16.3. The molecule has 0 bridgehead atoms. The molecule has 2 N–H and O–H groups in total. The summed E-state index contributed by atoms with van der Waals surface area (Å²) in [5.74, 6) is 0. The van der Waals surface area contributed by atoms with Gasteiger partial charge in [0.2, 0.25) is 0 Å². The Morgan fingerprint density at radius 3 is 2.00 bits per heavy atom. The molecule has 0 atom stereocenters. The Morgan fingerprint density at radius 2 is 1.89 bits per heavy atom. The summed E-state index contributed by atoms with van der Waals surface area (Å²) in [5.41, 5.74) is 0. The van der Waals surface area contributed by atoms with Crippen LogP contribution < -0.4 is 0 Å². The minimum atomic E-state index is 0.133. The van der Waals surface area contributed by atoms with Crippen LogP contribution in [0.15, 0.2) is 0 Å². The molecule has 0 radical (unpaired) electrons. The normalized spacial score (nSPS) is 6.89. The first-order valence-corrected chi connectivity index (χ1v) is 2.92. The van der Waals surface area contributed by atoms with Crippen molar-refractivity contribution in [1.82, 2.24) is 0 Å². The standard InChI is InChI=1S/C4H7NO.C2H6O/c5-3-1-2-4-6;1-2-3/h6H,1-2,4H2;3H,2H2,1H3. The summed E-state index contributed by atoms with van der Waals surface area (Å²) in [6.07, 6.45) is 1.08. The van der Waals surface area contributed by atoms with Gasteiger partial charge in [-0.15, -0.1) is 0 Å². The molecule has 9 heavy (non-hydrogen) atoms. The van der Waals surface area contributed by atoms with Crippen molar-refractivity contribution < 1.29 is 10.2 Å². The maximum atomic E-state index is 8.05. The fourth-order valence-electron chi connectivity index (χ4n) is 0.158. The molecule has 0 aromatic rings. The summed E-state index contributed by atoms with van der Waals surface area (Å²) >= 11 is 0. The SMILES string of the molecule is CCO.N#CCCCO. The van der Waals surface area contributed by atoms with E-state index in [9.17, 15) is 0 Å². The van der Waals surface area contributed by atoms with Crippen molar-refractivity contribution in [2.75, 3.05) is 13.2 Å². The summed E-state index contributed by atoms with van der Waals surface area (Å²) in [4.78, 5) is 0. The van der Waals surface area contributed by atoms with Gasteiger partial charge in [-0.05, 0) is 13.3 Å². The van der Waals surface area contributed by atoms with Gasteiger partial charge in [0.1, 0.15) is 0 Å². The fourth-order valence-corrected chi connectivity index (χ4v) is 0.158. The molecule has 3 heteroatoms. The lowest BCUT2D eigenvalue weighted by Gasteiger charge is -1.77. The molecule has 0 aromatic carbocycles. The van der Waals surface area contributed by atoms with Gasteiger partial charge < -0.3 is 10.2 Å². The third-order valence-corrected chi connectivity index (χ3v) is 0.447. The van der Waals surface area contributed by atoms with Crippen LogP contribution in [0.5, 0.6) is 0 Å². The Kier molecular flexibility index (Phi) is 19.5. The summed E-state index contributed by atoms with van der Waals surface area (Å²) in [7, 11) is 0. The number of aliphatic hydroxyl groups is 2. The van der Waals surface area contributed by atoms with Crippen molar-refractivity contribution in [1.29, 1.82) is 5.26 Å². The third kappa shape index (κ3) is 37.3. The van der Waals surface area contributed by atoms with Crippen molar-refractivity contribution in [3.8, 4) is 6.07 Å². The molecule has 0 aliphatic heterocycles. The van der Waals surface area contributed by atoms with Crippen LogP contribution >= 0.6 is 0 Å². The van der Waals surface area contributed by atoms with Crippen molar-refractivity contribution in [2.24, 2.45) is 0 Å². The first-order chi connectivity index (χ1) is 4.33. The highest BCUT2D eigenvalue weighted by molar-refractivity contribution is 4.66. The highest BCUT2D eigenvalue weighted by Gasteiger charge is 1.75. The molecule has 0 aliphatic carbocycles. The van der Waals surface area contributed by atoms with Crippen molar-refractivity contribution in [2.45, 2.75) is 19.8 Å². The van der Waals surface area contributed by atoms with E-state index in [1.165, 1.54) is 0 Å². The number of aliphatic hydroxyl groups excluding tert-OH is 2. The molecular formula is C6H13NO2. The smallest absolute Gasteiger partial charge is 0.0622 e. The summed E-state index contributed by atoms with van der Waals surface area (Å²) in [6.45, 7) is 2.06. The number of nitriles is 1. The molecule has 0 aliphatic rings. The van der Waals surface area contributed by atoms with Gasteiger partial charge in [0.05, 0.1) is 6.07 Å². The highest BCUT2D eigenvalue weighted by Crippen LogP contribution is 1.79. The van der Waals surface area contributed by atoms with Crippen molar-refractivity contribution in [3.05, 3.63) is 0 Å². The van der Waals surface area contributed by atoms with Crippen LogP contribution in [-0.4, -0.2) is 23.4 Å². The quantitative estimate of drug-likeness (QED) is 0.529. The molecule has 54 valence electrons. The van der Waals surface area contributed by atoms with E-state index in [0.717, 1.165) is 0 Å². The van der Waals surface area contributed by atoms with E-state index in [2.05, 4.69) is 0 Å². The van der Waals surface area contributed by atoms with Crippen LogP contribution in [-0.2, 0) is 0 Å².